The molecule has 0 spiro atoms. The maximum Gasteiger partial charge on any atom is 0.334 e. The zero-order valence-electron chi connectivity index (χ0n) is 19.0. The van der Waals surface area contributed by atoms with Crippen LogP contribution < -0.4 is 5.32 Å². The molecule has 5 heterocycles. The fourth-order valence-corrected chi connectivity index (χ4v) is 4.83. The number of nitrogens with one attached hydrogen (secondary N) is 1. The van der Waals surface area contributed by atoms with Gasteiger partial charge < -0.3 is 4.57 Å². The van der Waals surface area contributed by atoms with Gasteiger partial charge in [-0.25, -0.2) is 14.4 Å². The van der Waals surface area contributed by atoms with Gasteiger partial charge in [-0.3, -0.25) is 9.88 Å². The first kappa shape index (κ1) is 22.3. The Morgan fingerprint density at radius 1 is 1.17 bits per heavy atom. The zero-order valence-corrected chi connectivity index (χ0v) is 19.8. The molecule has 182 valence electrons. The molecule has 0 bridgehead atoms. The Labute approximate surface area is 206 Å². The Morgan fingerprint density at radius 3 is 2.78 bits per heavy atom. The predicted octanol–water partition coefficient (Wildman–Crippen LogP) is 4.96. The summed E-state index contributed by atoms with van der Waals surface area (Å²) in [6, 6.07) is 6.26. The zero-order chi connectivity index (χ0) is 25.0. The second-order valence-corrected chi connectivity index (χ2v) is 9.31. The molecule has 6 rings (SSSR count). The molecule has 0 radical (unpaired) electrons. The van der Waals surface area contributed by atoms with Crippen molar-refractivity contribution in [2.45, 2.75) is 32.4 Å². The number of nitrogens with zero attached hydrogens (tertiary/aromatic N) is 8. The molecule has 1 aliphatic rings. The van der Waals surface area contributed by atoms with Crippen LogP contribution >= 0.6 is 11.3 Å². The summed E-state index contributed by atoms with van der Waals surface area (Å²) < 4.78 is 48.5. The minimum absolute atomic E-state index is 0.282. The average molecular weight is 510 g/mol. The first-order chi connectivity index (χ1) is 17.3. The SMILES string of the molecule is Cc1cnc(Nc2nncs2)nc1-c1cc2n(c1)C[C@H](C)n1c-2nnc1C(F)(F)c1ccccc1F. The smallest absolute Gasteiger partial charge is 0.334 e. The van der Waals surface area contributed by atoms with Gasteiger partial charge in [-0.1, -0.05) is 23.5 Å². The number of aromatic nitrogens is 8. The fraction of sp³-hybridized carbons (Fsp3) is 0.217. The van der Waals surface area contributed by atoms with Gasteiger partial charge in [0.1, 0.15) is 11.3 Å². The van der Waals surface area contributed by atoms with Gasteiger partial charge in [0, 0.05) is 24.5 Å². The largest absolute Gasteiger partial charge is 0.342 e. The van der Waals surface area contributed by atoms with Crippen LogP contribution in [0.25, 0.3) is 22.8 Å². The molecule has 0 saturated carbocycles. The molecule has 5 aromatic rings. The maximum atomic E-state index is 15.4. The van der Waals surface area contributed by atoms with E-state index in [1.807, 2.05) is 23.8 Å². The average Bonchev–Trinajstić information content (AvgIpc) is 3.60. The van der Waals surface area contributed by atoms with Crippen molar-refractivity contribution >= 4 is 22.4 Å². The van der Waals surface area contributed by atoms with Crippen LogP contribution in [0.15, 0.2) is 48.2 Å². The lowest BCUT2D eigenvalue weighted by atomic mass is 10.1. The molecule has 1 aliphatic heterocycles. The molecule has 0 fully saturated rings. The molecule has 0 aliphatic carbocycles. The van der Waals surface area contributed by atoms with Crippen LogP contribution in [0.2, 0.25) is 0 Å². The highest BCUT2D eigenvalue weighted by Crippen LogP contribution is 2.41. The quantitative estimate of drug-likeness (QED) is 0.357. The molecule has 1 aromatic carbocycles. The molecule has 1 N–H and O–H groups in total. The van der Waals surface area contributed by atoms with Crippen LogP contribution in [0.4, 0.5) is 24.3 Å². The number of hydrogen-bond donors (Lipinski definition) is 1. The summed E-state index contributed by atoms with van der Waals surface area (Å²) in [7, 11) is 0. The Morgan fingerprint density at radius 2 is 2.00 bits per heavy atom. The number of benzene rings is 1. The van der Waals surface area contributed by atoms with Crippen LogP contribution in [-0.2, 0) is 12.5 Å². The van der Waals surface area contributed by atoms with Crippen LogP contribution in [0.5, 0.6) is 0 Å². The van der Waals surface area contributed by atoms with E-state index in [4.69, 9.17) is 0 Å². The Hall–Kier alpha value is -4.13. The van der Waals surface area contributed by atoms with Gasteiger partial charge in [-0.05, 0) is 37.6 Å². The number of rotatable bonds is 5. The van der Waals surface area contributed by atoms with Gasteiger partial charge in [0.05, 0.1) is 23.0 Å². The molecule has 13 heteroatoms. The lowest BCUT2D eigenvalue weighted by Crippen LogP contribution is -2.28. The Balaban J connectivity index is 1.41. The molecular formula is C23H18F3N9S. The molecular weight excluding hydrogens is 491 g/mol. The van der Waals surface area contributed by atoms with Crippen LogP contribution in [-0.4, -0.2) is 39.5 Å². The number of anilines is 2. The Bertz CT molecular complexity index is 1580. The molecule has 0 unspecified atom stereocenters. The third kappa shape index (κ3) is 3.54. The maximum absolute atomic E-state index is 15.4. The molecule has 1 atom stereocenters. The van der Waals surface area contributed by atoms with Crippen molar-refractivity contribution in [2.75, 3.05) is 5.32 Å². The molecule has 9 nitrogen and oxygen atoms in total. The van der Waals surface area contributed by atoms with Crippen LogP contribution in [0, 0.1) is 12.7 Å². The number of hydrogen-bond acceptors (Lipinski definition) is 8. The normalized spacial score (nSPS) is 15.0. The number of halogens is 3. The van der Waals surface area contributed by atoms with E-state index in [-0.39, 0.29) is 5.82 Å². The van der Waals surface area contributed by atoms with Gasteiger partial charge in [-0.2, -0.15) is 8.78 Å². The van der Waals surface area contributed by atoms with Gasteiger partial charge in [0.25, 0.3) is 0 Å². The number of fused-ring (bicyclic) bond motifs is 3. The van der Waals surface area contributed by atoms with Crippen molar-refractivity contribution < 1.29 is 13.2 Å². The number of alkyl halides is 2. The first-order valence-corrected chi connectivity index (χ1v) is 11.9. The van der Waals surface area contributed by atoms with Crippen molar-refractivity contribution in [3.05, 3.63) is 71.0 Å². The second kappa shape index (κ2) is 8.22. The van der Waals surface area contributed by atoms with Crippen molar-refractivity contribution in [2.24, 2.45) is 0 Å². The monoisotopic (exact) mass is 509 g/mol. The summed E-state index contributed by atoms with van der Waals surface area (Å²) in [5, 5.41) is 19.2. The van der Waals surface area contributed by atoms with Crippen molar-refractivity contribution in [1.82, 2.24) is 39.5 Å². The summed E-state index contributed by atoms with van der Waals surface area (Å²) in [5.74, 6) is -4.60. The fourth-order valence-electron chi connectivity index (χ4n) is 4.40. The summed E-state index contributed by atoms with van der Waals surface area (Å²) in [6.07, 6.45) is 3.60. The lowest BCUT2D eigenvalue weighted by molar-refractivity contribution is 0.0231. The van der Waals surface area contributed by atoms with E-state index in [9.17, 15) is 4.39 Å². The van der Waals surface area contributed by atoms with E-state index in [0.717, 1.165) is 23.3 Å². The van der Waals surface area contributed by atoms with Gasteiger partial charge in [0.2, 0.25) is 16.9 Å². The van der Waals surface area contributed by atoms with E-state index >= 15 is 8.78 Å². The topological polar surface area (TPSA) is 99.2 Å². The first-order valence-electron chi connectivity index (χ1n) is 11.0. The van der Waals surface area contributed by atoms with Crippen molar-refractivity contribution in [3.8, 4) is 22.8 Å². The third-order valence-electron chi connectivity index (χ3n) is 6.04. The van der Waals surface area contributed by atoms with Crippen LogP contribution in [0.1, 0.15) is 29.9 Å². The highest BCUT2D eigenvalue weighted by molar-refractivity contribution is 7.13. The molecule has 0 amide bonds. The van der Waals surface area contributed by atoms with Gasteiger partial charge >= 0.3 is 5.92 Å². The van der Waals surface area contributed by atoms with E-state index < -0.39 is 29.2 Å². The third-order valence-corrected chi connectivity index (χ3v) is 6.65. The van der Waals surface area contributed by atoms with Gasteiger partial charge in [0.15, 0.2) is 5.82 Å². The second-order valence-electron chi connectivity index (χ2n) is 8.48. The van der Waals surface area contributed by atoms with Gasteiger partial charge in [-0.15, -0.1) is 20.4 Å². The summed E-state index contributed by atoms with van der Waals surface area (Å²) in [5.41, 5.74) is 3.76. The summed E-state index contributed by atoms with van der Waals surface area (Å²) >= 11 is 1.32. The highest BCUT2D eigenvalue weighted by Gasteiger charge is 2.44. The van der Waals surface area contributed by atoms with E-state index in [1.54, 1.807) is 18.6 Å². The van der Waals surface area contributed by atoms with E-state index in [1.165, 1.54) is 28.0 Å². The van der Waals surface area contributed by atoms with E-state index in [2.05, 4.69) is 35.7 Å². The summed E-state index contributed by atoms with van der Waals surface area (Å²) in [6.45, 7) is 4.09. The molecule has 0 saturated heterocycles. The number of aryl methyl sites for hydroxylation is 1. The van der Waals surface area contributed by atoms with Crippen LogP contribution in [0.3, 0.4) is 0 Å². The predicted molar refractivity (Wildman–Crippen MR) is 127 cm³/mol. The van der Waals surface area contributed by atoms with Crippen molar-refractivity contribution in [1.29, 1.82) is 0 Å². The highest BCUT2D eigenvalue weighted by atomic mass is 32.1. The molecule has 4 aromatic heterocycles. The standard InChI is InChI=1S/C23H18F3N9S/c1-12-8-27-21(30-22-33-28-11-36-22)29-18(12)14-7-17-19-31-32-20(35(19)13(2)9-34(17)10-14)23(25,26)15-5-3-4-6-16(15)24/h3-8,10-11,13H,9H2,1-2H3,(H,27,29,30,33)/t13-/m0/s1. The minimum atomic E-state index is -3.66. The van der Waals surface area contributed by atoms with Crippen molar-refractivity contribution in [3.63, 3.8) is 0 Å². The minimum Gasteiger partial charge on any atom is -0.342 e. The summed E-state index contributed by atoms with van der Waals surface area (Å²) in [4.78, 5) is 8.93. The Kier molecular flexibility index (Phi) is 5.10. The molecule has 36 heavy (non-hydrogen) atoms. The lowest BCUT2D eigenvalue weighted by Gasteiger charge is -2.27. The van der Waals surface area contributed by atoms with E-state index in [0.29, 0.717) is 29.0 Å².